The van der Waals surface area contributed by atoms with Crippen LogP contribution in [-0.4, -0.2) is 46.3 Å². The molecule has 0 unspecified atom stereocenters. The number of rotatable bonds is 4. The highest BCUT2D eigenvalue weighted by atomic mass is 16.5. The molecular formula is C14H20N4O3. The minimum absolute atomic E-state index is 0.0610. The van der Waals surface area contributed by atoms with Gasteiger partial charge in [-0.2, -0.15) is 5.10 Å². The van der Waals surface area contributed by atoms with Crippen molar-refractivity contribution in [3.05, 3.63) is 24.4 Å². The Hall–Kier alpha value is -2.31. The van der Waals surface area contributed by atoms with Crippen LogP contribution in [-0.2, 0) is 9.53 Å². The molecule has 1 amide bonds. The molecule has 7 nitrogen and oxygen atoms in total. The van der Waals surface area contributed by atoms with Crippen molar-refractivity contribution in [2.45, 2.75) is 25.8 Å². The molecule has 2 heterocycles. The number of likely N-dealkylation sites (tertiary alicyclic amines) is 1. The first-order valence-corrected chi connectivity index (χ1v) is 6.99. The fraction of sp³-hybridized carbons (Fsp3) is 0.500. The maximum absolute atomic E-state index is 11.7. The first-order chi connectivity index (χ1) is 10.1. The molecule has 0 radical (unpaired) electrons. The average Bonchev–Trinajstić information content (AvgIpc) is 2.88. The van der Waals surface area contributed by atoms with Gasteiger partial charge in [0.25, 0.3) is 0 Å². The van der Waals surface area contributed by atoms with Crippen molar-refractivity contribution >= 4 is 17.7 Å². The molecule has 1 fully saturated rings. The van der Waals surface area contributed by atoms with Gasteiger partial charge in [-0.25, -0.2) is 9.48 Å². The molecule has 0 saturated carbocycles. The molecule has 1 aliphatic rings. The third-order valence-electron chi connectivity index (χ3n) is 3.63. The van der Waals surface area contributed by atoms with Gasteiger partial charge >= 0.3 is 5.97 Å². The summed E-state index contributed by atoms with van der Waals surface area (Å²) in [5.74, 6) is -0.198. The van der Waals surface area contributed by atoms with E-state index in [0.717, 1.165) is 12.8 Å². The van der Waals surface area contributed by atoms with E-state index >= 15 is 0 Å². The fourth-order valence-corrected chi connectivity index (χ4v) is 2.49. The largest absolute Gasteiger partial charge is 0.462 e. The molecule has 114 valence electrons. The fourth-order valence-electron chi connectivity index (χ4n) is 2.49. The van der Waals surface area contributed by atoms with Gasteiger partial charge in [-0.05, 0) is 25.8 Å². The number of nitrogens with two attached hydrogens (primary N) is 1. The third kappa shape index (κ3) is 3.07. The lowest BCUT2D eigenvalue weighted by Crippen LogP contribution is -2.38. The summed E-state index contributed by atoms with van der Waals surface area (Å²) in [6.45, 7) is 6.78. The normalized spacial score (nSPS) is 15.8. The summed E-state index contributed by atoms with van der Waals surface area (Å²) >= 11 is 0. The van der Waals surface area contributed by atoms with E-state index in [0.29, 0.717) is 31.1 Å². The Morgan fingerprint density at radius 3 is 2.76 bits per heavy atom. The standard InChI is InChI=1S/C14H20N4O3/c1-3-12(19)17-7-5-10(6-8-17)18-13(15)11(9-16-18)14(20)21-4-2/h3,9-10H,1,4-8,15H2,2H3. The summed E-state index contributed by atoms with van der Waals surface area (Å²) < 4.78 is 6.59. The Morgan fingerprint density at radius 2 is 2.19 bits per heavy atom. The molecule has 0 atom stereocenters. The molecule has 1 aromatic heterocycles. The number of hydrogen-bond donors (Lipinski definition) is 1. The van der Waals surface area contributed by atoms with Gasteiger partial charge in [0.05, 0.1) is 18.8 Å². The lowest BCUT2D eigenvalue weighted by Gasteiger charge is -2.31. The van der Waals surface area contributed by atoms with Crippen LogP contribution in [0.5, 0.6) is 0 Å². The summed E-state index contributed by atoms with van der Waals surface area (Å²) in [4.78, 5) is 25.0. The van der Waals surface area contributed by atoms with Crippen molar-refractivity contribution in [2.24, 2.45) is 0 Å². The van der Waals surface area contributed by atoms with Crippen molar-refractivity contribution in [1.82, 2.24) is 14.7 Å². The van der Waals surface area contributed by atoms with E-state index < -0.39 is 5.97 Å². The van der Waals surface area contributed by atoms with Gasteiger partial charge in [0, 0.05) is 13.1 Å². The zero-order valence-corrected chi connectivity index (χ0v) is 12.1. The lowest BCUT2D eigenvalue weighted by molar-refractivity contribution is -0.127. The highest BCUT2D eigenvalue weighted by molar-refractivity contribution is 5.94. The smallest absolute Gasteiger partial charge is 0.343 e. The van der Waals surface area contributed by atoms with Gasteiger partial charge in [0.2, 0.25) is 5.91 Å². The summed E-state index contributed by atoms with van der Waals surface area (Å²) in [5.41, 5.74) is 6.28. The monoisotopic (exact) mass is 292 g/mol. The van der Waals surface area contributed by atoms with Crippen molar-refractivity contribution < 1.29 is 14.3 Å². The van der Waals surface area contributed by atoms with Crippen LogP contribution in [0.2, 0.25) is 0 Å². The topological polar surface area (TPSA) is 90.5 Å². The number of ether oxygens (including phenoxy) is 1. The number of nitrogen functional groups attached to an aromatic ring is 1. The van der Waals surface area contributed by atoms with E-state index in [1.165, 1.54) is 12.3 Å². The van der Waals surface area contributed by atoms with Gasteiger partial charge in [-0.15, -0.1) is 0 Å². The van der Waals surface area contributed by atoms with E-state index in [1.54, 1.807) is 16.5 Å². The number of hydrogen-bond acceptors (Lipinski definition) is 5. The molecule has 0 spiro atoms. The number of aromatic nitrogens is 2. The number of carbonyl (C=O) groups is 2. The minimum atomic E-state index is -0.458. The highest BCUT2D eigenvalue weighted by Crippen LogP contribution is 2.26. The van der Waals surface area contributed by atoms with Crippen LogP contribution in [0.4, 0.5) is 5.82 Å². The zero-order valence-electron chi connectivity index (χ0n) is 12.1. The van der Waals surface area contributed by atoms with Gasteiger partial charge in [-0.3, -0.25) is 4.79 Å². The summed E-state index contributed by atoms with van der Waals surface area (Å²) in [7, 11) is 0. The average molecular weight is 292 g/mol. The molecule has 0 aromatic carbocycles. The number of piperidine rings is 1. The Bertz CT molecular complexity index is 544. The number of anilines is 1. The Kier molecular flexibility index (Phi) is 4.62. The zero-order chi connectivity index (χ0) is 15.4. The molecule has 1 aliphatic heterocycles. The minimum Gasteiger partial charge on any atom is -0.462 e. The van der Waals surface area contributed by atoms with Crippen LogP contribution in [0, 0.1) is 0 Å². The van der Waals surface area contributed by atoms with Gasteiger partial charge in [-0.1, -0.05) is 6.58 Å². The predicted molar refractivity (Wildman–Crippen MR) is 77.6 cm³/mol. The molecule has 2 N–H and O–H groups in total. The predicted octanol–water partition coefficient (Wildman–Crippen LogP) is 0.991. The maximum Gasteiger partial charge on any atom is 0.343 e. The van der Waals surface area contributed by atoms with Crippen LogP contribution in [0.15, 0.2) is 18.9 Å². The molecule has 0 bridgehead atoms. The van der Waals surface area contributed by atoms with E-state index in [9.17, 15) is 9.59 Å². The summed E-state index contributed by atoms with van der Waals surface area (Å²) in [6, 6.07) is 0.0852. The van der Waals surface area contributed by atoms with Crippen molar-refractivity contribution in [1.29, 1.82) is 0 Å². The number of amides is 1. The second-order valence-corrected chi connectivity index (χ2v) is 4.87. The highest BCUT2D eigenvalue weighted by Gasteiger charge is 2.26. The summed E-state index contributed by atoms with van der Waals surface area (Å²) in [5, 5.41) is 4.20. The van der Waals surface area contributed by atoms with E-state index in [-0.39, 0.29) is 11.9 Å². The van der Waals surface area contributed by atoms with Gasteiger partial charge in [0.15, 0.2) is 0 Å². The van der Waals surface area contributed by atoms with Crippen LogP contribution in [0.1, 0.15) is 36.2 Å². The number of nitrogens with zero attached hydrogens (tertiary/aromatic N) is 3. The molecule has 1 saturated heterocycles. The Labute approximate surface area is 123 Å². The van der Waals surface area contributed by atoms with Crippen LogP contribution in [0.3, 0.4) is 0 Å². The van der Waals surface area contributed by atoms with Crippen LogP contribution >= 0.6 is 0 Å². The summed E-state index contributed by atoms with van der Waals surface area (Å²) in [6.07, 6.45) is 4.25. The third-order valence-corrected chi connectivity index (χ3v) is 3.63. The first-order valence-electron chi connectivity index (χ1n) is 6.99. The van der Waals surface area contributed by atoms with E-state index in [1.807, 2.05) is 0 Å². The second-order valence-electron chi connectivity index (χ2n) is 4.87. The maximum atomic E-state index is 11.7. The molecule has 0 aliphatic carbocycles. The Morgan fingerprint density at radius 1 is 1.52 bits per heavy atom. The quantitative estimate of drug-likeness (QED) is 0.660. The molecule has 2 rings (SSSR count). The van der Waals surface area contributed by atoms with Gasteiger partial charge in [0.1, 0.15) is 11.4 Å². The van der Waals surface area contributed by atoms with Gasteiger partial charge < -0.3 is 15.4 Å². The van der Waals surface area contributed by atoms with E-state index in [4.69, 9.17) is 10.5 Å². The van der Waals surface area contributed by atoms with Crippen LogP contribution < -0.4 is 5.73 Å². The SMILES string of the molecule is C=CC(=O)N1CCC(n2ncc(C(=O)OCC)c2N)CC1. The molecular weight excluding hydrogens is 272 g/mol. The van der Waals surface area contributed by atoms with Crippen molar-refractivity contribution in [3.8, 4) is 0 Å². The van der Waals surface area contributed by atoms with E-state index in [2.05, 4.69) is 11.7 Å². The molecule has 1 aromatic rings. The first kappa shape index (κ1) is 15.1. The molecule has 7 heteroatoms. The Balaban J connectivity index is 2.06. The van der Waals surface area contributed by atoms with Crippen LogP contribution in [0.25, 0.3) is 0 Å². The number of esters is 1. The number of carbonyl (C=O) groups excluding carboxylic acids is 2. The van der Waals surface area contributed by atoms with Crippen molar-refractivity contribution in [2.75, 3.05) is 25.4 Å². The van der Waals surface area contributed by atoms with Crippen molar-refractivity contribution in [3.63, 3.8) is 0 Å². The second kappa shape index (κ2) is 6.43. The molecule has 21 heavy (non-hydrogen) atoms. The lowest BCUT2D eigenvalue weighted by atomic mass is 10.1.